The lowest BCUT2D eigenvalue weighted by atomic mass is 9.53. The lowest BCUT2D eigenvalue weighted by molar-refractivity contribution is -0.125. The maximum absolute atomic E-state index is 12.7. The Morgan fingerprint density at radius 3 is 2.63 bits per heavy atom. The average molecular weight is 364 g/mol. The van der Waals surface area contributed by atoms with Crippen molar-refractivity contribution in [3.8, 4) is 0 Å². The second-order valence-corrected chi connectivity index (χ2v) is 8.18. The normalized spacial score (nSPS) is 26.9. The van der Waals surface area contributed by atoms with Crippen molar-refractivity contribution in [1.29, 1.82) is 0 Å². The number of fused-ring (bicyclic) bond motifs is 1. The van der Waals surface area contributed by atoms with Crippen LogP contribution in [0.5, 0.6) is 0 Å². The maximum Gasteiger partial charge on any atom is 0.234 e. The number of likely N-dealkylation sites (N-methyl/N-ethyl adjacent to an activating group) is 1. The molecule has 2 saturated carbocycles. The van der Waals surface area contributed by atoms with E-state index in [0.29, 0.717) is 18.4 Å². The van der Waals surface area contributed by atoms with Crippen molar-refractivity contribution in [3.05, 3.63) is 66.0 Å². The van der Waals surface area contributed by atoms with E-state index < -0.39 is 0 Å². The van der Waals surface area contributed by atoms with Crippen LogP contribution in [0.15, 0.2) is 54.9 Å². The maximum atomic E-state index is 12.7. The van der Waals surface area contributed by atoms with Gasteiger partial charge in [-0.1, -0.05) is 49.2 Å². The summed E-state index contributed by atoms with van der Waals surface area (Å²) >= 11 is 0. The Morgan fingerprint density at radius 2 is 1.89 bits per heavy atom. The molecule has 142 valence electrons. The third-order valence-electron chi connectivity index (χ3n) is 6.29. The van der Waals surface area contributed by atoms with Gasteiger partial charge < -0.3 is 5.32 Å². The number of benzene rings is 1. The molecule has 27 heavy (non-hydrogen) atoms. The molecule has 0 bridgehead atoms. The molecule has 4 rings (SSSR count). The molecule has 0 spiro atoms. The molecule has 4 nitrogen and oxygen atoms in total. The molecule has 0 aliphatic heterocycles. The monoisotopic (exact) mass is 363 g/mol. The smallest absolute Gasteiger partial charge is 0.234 e. The first kappa shape index (κ1) is 18.2. The Bertz CT molecular complexity index is 749. The van der Waals surface area contributed by atoms with Gasteiger partial charge in [-0.3, -0.25) is 14.7 Å². The molecule has 2 aromatic rings. The van der Waals surface area contributed by atoms with Crippen LogP contribution in [0.25, 0.3) is 0 Å². The number of hydrogen-bond acceptors (Lipinski definition) is 3. The van der Waals surface area contributed by atoms with Crippen molar-refractivity contribution in [1.82, 2.24) is 15.2 Å². The standard InChI is InChI=1S/C23H29N3O/c1-26(15-17-8-7-13-24-14-17)16-21(27)25-23-20-12-6-5-11-19(20)22(23)18-9-3-2-4-10-18/h2-4,7-10,13-14,19-20,22-23H,5-6,11-12,15-16H2,1H3,(H,25,27)/t19?,20?,22-,23-/m0/s1. The summed E-state index contributed by atoms with van der Waals surface area (Å²) in [6.45, 7) is 1.16. The van der Waals surface area contributed by atoms with Crippen molar-refractivity contribution < 1.29 is 4.79 Å². The van der Waals surface area contributed by atoms with Crippen molar-refractivity contribution in [2.75, 3.05) is 13.6 Å². The highest BCUT2D eigenvalue weighted by atomic mass is 16.2. The summed E-state index contributed by atoms with van der Waals surface area (Å²) < 4.78 is 0. The van der Waals surface area contributed by atoms with Gasteiger partial charge in [-0.05, 0) is 48.9 Å². The minimum atomic E-state index is 0.136. The summed E-state index contributed by atoms with van der Waals surface area (Å²) in [6.07, 6.45) is 8.83. The van der Waals surface area contributed by atoms with E-state index in [2.05, 4.69) is 45.5 Å². The van der Waals surface area contributed by atoms with E-state index >= 15 is 0 Å². The molecule has 0 radical (unpaired) electrons. The van der Waals surface area contributed by atoms with E-state index in [1.807, 2.05) is 25.4 Å². The SMILES string of the molecule is CN(CC(=O)N[C@H]1C2CCCCC2[C@@H]1c1ccccc1)Cc1cccnc1. The summed E-state index contributed by atoms with van der Waals surface area (Å²) in [5.41, 5.74) is 2.51. The third-order valence-corrected chi connectivity index (χ3v) is 6.29. The van der Waals surface area contributed by atoms with Gasteiger partial charge in [0.15, 0.2) is 0 Å². The summed E-state index contributed by atoms with van der Waals surface area (Å²) in [6, 6.07) is 15.0. The van der Waals surface area contributed by atoms with E-state index in [0.717, 1.165) is 18.0 Å². The predicted molar refractivity (Wildman–Crippen MR) is 107 cm³/mol. The van der Waals surface area contributed by atoms with Gasteiger partial charge in [0.25, 0.3) is 0 Å². The van der Waals surface area contributed by atoms with Crippen LogP contribution in [0.1, 0.15) is 42.7 Å². The summed E-state index contributed by atoms with van der Waals surface area (Å²) in [4.78, 5) is 18.9. The Hall–Kier alpha value is -2.20. The highest BCUT2D eigenvalue weighted by Crippen LogP contribution is 2.54. The lowest BCUT2D eigenvalue weighted by Crippen LogP contribution is -2.60. The molecule has 1 aromatic heterocycles. The first-order valence-electron chi connectivity index (χ1n) is 10.1. The van der Waals surface area contributed by atoms with E-state index in [-0.39, 0.29) is 11.9 Å². The largest absolute Gasteiger partial charge is 0.351 e. The van der Waals surface area contributed by atoms with Crippen molar-refractivity contribution in [2.45, 2.75) is 44.2 Å². The Kier molecular flexibility index (Phi) is 5.53. The number of carbonyl (C=O) groups excluding carboxylic acids is 1. The average Bonchev–Trinajstić information content (AvgIpc) is 2.68. The zero-order chi connectivity index (χ0) is 18.6. The first-order chi connectivity index (χ1) is 13.2. The molecule has 2 unspecified atom stereocenters. The Balaban J connectivity index is 1.38. The molecule has 4 heteroatoms. The quantitative estimate of drug-likeness (QED) is 0.853. The van der Waals surface area contributed by atoms with Crippen molar-refractivity contribution in [3.63, 3.8) is 0 Å². The van der Waals surface area contributed by atoms with Gasteiger partial charge in [-0.15, -0.1) is 0 Å². The number of carbonyl (C=O) groups is 1. The van der Waals surface area contributed by atoms with Gasteiger partial charge in [-0.25, -0.2) is 0 Å². The van der Waals surface area contributed by atoms with Crippen LogP contribution in [-0.4, -0.2) is 35.4 Å². The molecule has 0 saturated heterocycles. The van der Waals surface area contributed by atoms with Gasteiger partial charge in [0, 0.05) is 30.9 Å². The number of hydrogen-bond donors (Lipinski definition) is 1. The van der Waals surface area contributed by atoms with Crippen LogP contribution in [0.2, 0.25) is 0 Å². The van der Waals surface area contributed by atoms with E-state index in [1.54, 1.807) is 6.20 Å². The van der Waals surface area contributed by atoms with Crippen molar-refractivity contribution >= 4 is 5.91 Å². The molecule has 1 amide bonds. The summed E-state index contributed by atoms with van der Waals surface area (Å²) in [5.74, 6) is 2.00. The van der Waals surface area contributed by atoms with Gasteiger partial charge in [0.2, 0.25) is 5.91 Å². The molecular formula is C23H29N3O. The second-order valence-electron chi connectivity index (χ2n) is 8.18. The van der Waals surface area contributed by atoms with Crippen LogP contribution >= 0.6 is 0 Å². The fourth-order valence-corrected chi connectivity index (χ4v) is 5.13. The first-order valence-corrected chi connectivity index (χ1v) is 10.1. The number of amides is 1. The highest BCUT2D eigenvalue weighted by molar-refractivity contribution is 5.78. The van der Waals surface area contributed by atoms with E-state index in [4.69, 9.17) is 0 Å². The number of pyridine rings is 1. The van der Waals surface area contributed by atoms with Gasteiger partial charge >= 0.3 is 0 Å². The fraction of sp³-hybridized carbons (Fsp3) is 0.478. The van der Waals surface area contributed by atoms with Gasteiger partial charge in [-0.2, -0.15) is 0 Å². The van der Waals surface area contributed by atoms with Crippen LogP contribution < -0.4 is 5.32 Å². The molecule has 2 aliphatic rings. The number of aromatic nitrogens is 1. The fourth-order valence-electron chi connectivity index (χ4n) is 5.13. The van der Waals surface area contributed by atoms with Crippen LogP contribution in [0.3, 0.4) is 0 Å². The summed E-state index contributed by atoms with van der Waals surface area (Å²) in [5, 5.41) is 3.38. The van der Waals surface area contributed by atoms with Gasteiger partial charge in [0.1, 0.15) is 0 Å². The Labute approximate surface area is 162 Å². The molecule has 2 fully saturated rings. The zero-order valence-corrected chi connectivity index (χ0v) is 16.1. The van der Waals surface area contributed by atoms with Crippen molar-refractivity contribution in [2.24, 2.45) is 11.8 Å². The minimum absolute atomic E-state index is 0.136. The highest BCUT2D eigenvalue weighted by Gasteiger charge is 2.51. The lowest BCUT2D eigenvalue weighted by Gasteiger charge is -2.55. The zero-order valence-electron chi connectivity index (χ0n) is 16.1. The summed E-state index contributed by atoms with van der Waals surface area (Å²) in [7, 11) is 1.99. The van der Waals surface area contributed by atoms with E-state index in [1.165, 1.54) is 31.2 Å². The van der Waals surface area contributed by atoms with E-state index in [9.17, 15) is 4.79 Å². The molecule has 1 heterocycles. The molecule has 1 N–H and O–H groups in total. The second kappa shape index (κ2) is 8.22. The van der Waals surface area contributed by atoms with Gasteiger partial charge in [0.05, 0.1) is 6.54 Å². The predicted octanol–water partition coefficient (Wildman–Crippen LogP) is 3.60. The molecule has 1 aromatic carbocycles. The Morgan fingerprint density at radius 1 is 1.11 bits per heavy atom. The minimum Gasteiger partial charge on any atom is -0.351 e. The number of nitrogens with zero attached hydrogens (tertiary/aromatic N) is 2. The van der Waals surface area contributed by atoms with Crippen LogP contribution in [-0.2, 0) is 11.3 Å². The van der Waals surface area contributed by atoms with Crippen LogP contribution in [0.4, 0.5) is 0 Å². The van der Waals surface area contributed by atoms with Crippen LogP contribution in [0, 0.1) is 11.8 Å². The number of nitrogens with one attached hydrogen (secondary N) is 1. The number of rotatable bonds is 6. The molecule has 4 atom stereocenters. The molecule has 2 aliphatic carbocycles. The molecular weight excluding hydrogens is 334 g/mol. The third kappa shape index (κ3) is 4.06. The topological polar surface area (TPSA) is 45.2 Å².